The molecule has 16 heavy (non-hydrogen) atoms. The molecule has 0 aromatic heterocycles. The second kappa shape index (κ2) is 5.89. The normalized spacial score (nSPS) is 39.9. The molecule has 0 radical (unpaired) electrons. The molecule has 0 amide bonds. The van der Waals surface area contributed by atoms with Gasteiger partial charge in [0.1, 0.15) is 0 Å². The molecule has 2 unspecified atom stereocenters. The second-order valence-electron chi connectivity index (χ2n) is 5.98. The fourth-order valence-electron chi connectivity index (χ4n) is 3.66. The minimum Gasteiger partial charge on any atom is -0.0851 e. The van der Waals surface area contributed by atoms with E-state index in [2.05, 4.69) is 26.0 Å². The lowest BCUT2D eigenvalue weighted by Gasteiger charge is -2.34. The Kier molecular flexibility index (Phi) is 4.49. The van der Waals surface area contributed by atoms with Gasteiger partial charge in [-0.15, -0.1) is 0 Å². The largest absolute Gasteiger partial charge is 0.0851 e. The summed E-state index contributed by atoms with van der Waals surface area (Å²) in [6.07, 6.45) is 16.8. The number of allylic oxidation sites excluding steroid dienone is 2. The van der Waals surface area contributed by atoms with E-state index in [1.807, 2.05) is 0 Å². The topological polar surface area (TPSA) is 0 Å². The molecule has 0 N–H and O–H groups in total. The van der Waals surface area contributed by atoms with E-state index in [9.17, 15) is 0 Å². The Morgan fingerprint density at radius 1 is 0.812 bits per heavy atom. The summed E-state index contributed by atoms with van der Waals surface area (Å²) in [7, 11) is 0. The standard InChI is InChI=1S/C16H28/c1-3-13-5-9-15(10-6-13)16-11-7-14(4-2)8-12-16/h5,9,13-16H,3-4,6-8,10-12H2,1-2H3. The summed E-state index contributed by atoms with van der Waals surface area (Å²) in [6, 6.07) is 0. The first kappa shape index (κ1) is 12.2. The van der Waals surface area contributed by atoms with Crippen molar-refractivity contribution in [3.05, 3.63) is 12.2 Å². The van der Waals surface area contributed by atoms with Crippen molar-refractivity contribution in [2.45, 2.75) is 65.2 Å². The summed E-state index contributed by atoms with van der Waals surface area (Å²) in [4.78, 5) is 0. The zero-order chi connectivity index (χ0) is 11.4. The van der Waals surface area contributed by atoms with Crippen molar-refractivity contribution in [2.75, 3.05) is 0 Å². The van der Waals surface area contributed by atoms with Crippen molar-refractivity contribution in [1.29, 1.82) is 0 Å². The smallest absolute Gasteiger partial charge is 0.0205 e. The van der Waals surface area contributed by atoms with Gasteiger partial charge in [0, 0.05) is 0 Å². The van der Waals surface area contributed by atoms with Gasteiger partial charge in [-0.1, -0.05) is 45.3 Å². The predicted molar refractivity (Wildman–Crippen MR) is 71.4 cm³/mol. The molecule has 1 saturated carbocycles. The minimum atomic E-state index is 0.892. The molecular weight excluding hydrogens is 192 g/mol. The molecule has 0 aromatic rings. The first-order chi connectivity index (χ1) is 7.83. The van der Waals surface area contributed by atoms with Crippen molar-refractivity contribution < 1.29 is 0 Å². The van der Waals surface area contributed by atoms with Gasteiger partial charge < -0.3 is 0 Å². The molecule has 0 heteroatoms. The molecule has 0 nitrogen and oxygen atoms in total. The average Bonchev–Trinajstić information content (AvgIpc) is 2.39. The summed E-state index contributed by atoms with van der Waals surface area (Å²) in [5.41, 5.74) is 0. The van der Waals surface area contributed by atoms with Crippen LogP contribution in [0.1, 0.15) is 65.2 Å². The Labute approximate surface area is 102 Å². The molecule has 0 aliphatic heterocycles. The van der Waals surface area contributed by atoms with Crippen LogP contribution in [-0.4, -0.2) is 0 Å². The van der Waals surface area contributed by atoms with Crippen LogP contribution in [0.3, 0.4) is 0 Å². The fraction of sp³-hybridized carbons (Fsp3) is 0.875. The van der Waals surface area contributed by atoms with Crippen LogP contribution >= 0.6 is 0 Å². The van der Waals surface area contributed by atoms with Crippen LogP contribution in [0.2, 0.25) is 0 Å². The van der Waals surface area contributed by atoms with E-state index in [0.29, 0.717) is 0 Å². The van der Waals surface area contributed by atoms with E-state index < -0.39 is 0 Å². The van der Waals surface area contributed by atoms with E-state index in [4.69, 9.17) is 0 Å². The highest BCUT2D eigenvalue weighted by atomic mass is 14.3. The summed E-state index contributed by atoms with van der Waals surface area (Å²) in [5, 5.41) is 0. The maximum atomic E-state index is 2.56. The Bertz CT molecular complexity index is 220. The van der Waals surface area contributed by atoms with Crippen molar-refractivity contribution in [3.8, 4) is 0 Å². The van der Waals surface area contributed by atoms with E-state index in [0.717, 1.165) is 23.7 Å². The van der Waals surface area contributed by atoms with Crippen LogP contribution in [0.25, 0.3) is 0 Å². The van der Waals surface area contributed by atoms with Gasteiger partial charge in [-0.25, -0.2) is 0 Å². The third-order valence-electron chi connectivity index (χ3n) is 5.10. The first-order valence-electron chi connectivity index (χ1n) is 7.51. The molecular formula is C16H28. The van der Waals surface area contributed by atoms with Gasteiger partial charge in [0.25, 0.3) is 0 Å². The van der Waals surface area contributed by atoms with Crippen LogP contribution < -0.4 is 0 Å². The Morgan fingerprint density at radius 3 is 2.06 bits per heavy atom. The maximum absolute atomic E-state index is 2.56. The zero-order valence-corrected chi connectivity index (χ0v) is 11.1. The van der Waals surface area contributed by atoms with E-state index in [1.54, 1.807) is 0 Å². The predicted octanol–water partition coefficient (Wildman–Crippen LogP) is 5.20. The quantitative estimate of drug-likeness (QED) is 0.574. The van der Waals surface area contributed by atoms with E-state index in [1.165, 1.54) is 51.4 Å². The fourth-order valence-corrected chi connectivity index (χ4v) is 3.66. The highest BCUT2D eigenvalue weighted by molar-refractivity contribution is 5.00. The van der Waals surface area contributed by atoms with Gasteiger partial charge in [0.15, 0.2) is 0 Å². The molecule has 2 aliphatic rings. The summed E-state index contributed by atoms with van der Waals surface area (Å²) in [5.74, 6) is 3.90. The monoisotopic (exact) mass is 220 g/mol. The van der Waals surface area contributed by atoms with Gasteiger partial charge in [0.2, 0.25) is 0 Å². The van der Waals surface area contributed by atoms with Crippen LogP contribution in [0.4, 0.5) is 0 Å². The lowest BCUT2D eigenvalue weighted by atomic mass is 9.71. The SMILES string of the molecule is CCC1C=CC(C2CCC(CC)CC2)CC1. The minimum absolute atomic E-state index is 0.892. The summed E-state index contributed by atoms with van der Waals surface area (Å²) >= 11 is 0. The summed E-state index contributed by atoms with van der Waals surface area (Å²) < 4.78 is 0. The van der Waals surface area contributed by atoms with Gasteiger partial charge in [-0.3, -0.25) is 0 Å². The van der Waals surface area contributed by atoms with Crippen LogP contribution in [-0.2, 0) is 0 Å². The molecule has 0 heterocycles. The van der Waals surface area contributed by atoms with Crippen molar-refractivity contribution in [3.63, 3.8) is 0 Å². The number of hydrogen-bond acceptors (Lipinski definition) is 0. The third kappa shape index (κ3) is 2.90. The zero-order valence-electron chi connectivity index (χ0n) is 11.1. The van der Waals surface area contributed by atoms with Crippen LogP contribution in [0, 0.1) is 23.7 Å². The van der Waals surface area contributed by atoms with Gasteiger partial charge in [-0.2, -0.15) is 0 Å². The number of rotatable bonds is 3. The van der Waals surface area contributed by atoms with Gasteiger partial charge >= 0.3 is 0 Å². The Morgan fingerprint density at radius 2 is 1.56 bits per heavy atom. The maximum Gasteiger partial charge on any atom is -0.0205 e. The molecule has 0 bridgehead atoms. The van der Waals surface area contributed by atoms with Crippen molar-refractivity contribution in [2.24, 2.45) is 23.7 Å². The third-order valence-corrected chi connectivity index (χ3v) is 5.10. The molecule has 92 valence electrons. The molecule has 2 rings (SSSR count). The Balaban J connectivity index is 1.81. The highest BCUT2D eigenvalue weighted by Gasteiger charge is 2.27. The lowest BCUT2D eigenvalue weighted by Crippen LogP contribution is -2.22. The second-order valence-corrected chi connectivity index (χ2v) is 5.98. The molecule has 0 aromatic carbocycles. The molecule has 0 saturated heterocycles. The van der Waals surface area contributed by atoms with Gasteiger partial charge in [-0.05, 0) is 55.8 Å². The number of hydrogen-bond donors (Lipinski definition) is 0. The van der Waals surface area contributed by atoms with E-state index in [-0.39, 0.29) is 0 Å². The van der Waals surface area contributed by atoms with Crippen LogP contribution in [0.15, 0.2) is 12.2 Å². The summed E-state index contributed by atoms with van der Waals surface area (Å²) in [6.45, 7) is 4.68. The molecule has 1 fully saturated rings. The molecule has 2 atom stereocenters. The van der Waals surface area contributed by atoms with Crippen molar-refractivity contribution in [1.82, 2.24) is 0 Å². The molecule has 2 aliphatic carbocycles. The van der Waals surface area contributed by atoms with Gasteiger partial charge in [0.05, 0.1) is 0 Å². The first-order valence-corrected chi connectivity index (χ1v) is 7.51. The van der Waals surface area contributed by atoms with E-state index >= 15 is 0 Å². The lowest BCUT2D eigenvalue weighted by molar-refractivity contribution is 0.209. The average molecular weight is 220 g/mol. The van der Waals surface area contributed by atoms with Crippen LogP contribution in [0.5, 0.6) is 0 Å². The highest BCUT2D eigenvalue weighted by Crippen LogP contribution is 2.39. The molecule has 0 spiro atoms. The Hall–Kier alpha value is -0.260. The van der Waals surface area contributed by atoms with Crippen molar-refractivity contribution >= 4 is 0 Å².